The van der Waals surface area contributed by atoms with Gasteiger partial charge < -0.3 is 10.0 Å². The Balaban J connectivity index is 1.80. The third kappa shape index (κ3) is 4.36. The SMILES string of the molecule is CC(C)CC(C(=O)O)C(Cc1ccc(N2CCCC2)nc1)c1nn[nH]n1. The van der Waals surface area contributed by atoms with Crippen LogP contribution < -0.4 is 4.90 Å². The van der Waals surface area contributed by atoms with Gasteiger partial charge in [-0.05, 0) is 43.2 Å². The van der Waals surface area contributed by atoms with Crippen LogP contribution in [0.2, 0.25) is 0 Å². The number of hydrogen-bond donors (Lipinski definition) is 2. The molecule has 2 atom stereocenters. The Kier molecular flexibility index (Phi) is 5.80. The van der Waals surface area contributed by atoms with Crippen LogP contribution in [0, 0.1) is 11.8 Å². The van der Waals surface area contributed by atoms with E-state index in [2.05, 4.69) is 30.5 Å². The highest BCUT2D eigenvalue weighted by Gasteiger charge is 2.33. The van der Waals surface area contributed by atoms with Gasteiger partial charge in [-0.3, -0.25) is 4.79 Å². The molecule has 2 unspecified atom stereocenters. The number of aliphatic carboxylic acids is 1. The number of pyridine rings is 1. The molecule has 8 nitrogen and oxygen atoms in total. The van der Waals surface area contributed by atoms with Gasteiger partial charge in [-0.1, -0.05) is 25.1 Å². The van der Waals surface area contributed by atoms with Crippen molar-refractivity contribution in [3.8, 4) is 0 Å². The lowest BCUT2D eigenvalue weighted by molar-refractivity contribution is -0.143. The van der Waals surface area contributed by atoms with E-state index in [1.807, 2.05) is 32.2 Å². The number of nitrogens with zero attached hydrogens (tertiary/aromatic N) is 5. The number of aromatic amines is 1. The summed E-state index contributed by atoms with van der Waals surface area (Å²) in [5.74, 6) is -0.0312. The van der Waals surface area contributed by atoms with Crippen LogP contribution in [0.4, 0.5) is 5.82 Å². The molecule has 0 saturated carbocycles. The smallest absolute Gasteiger partial charge is 0.307 e. The molecule has 2 aromatic rings. The number of aromatic nitrogens is 5. The van der Waals surface area contributed by atoms with Crippen LogP contribution >= 0.6 is 0 Å². The quantitative estimate of drug-likeness (QED) is 0.745. The highest BCUT2D eigenvalue weighted by Crippen LogP contribution is 2.31. The number of rotatable bonds is 8. The molecule has 0 radical (unpaired) electrons. The van der Waals surface area contributed by atoms with Gasteiger partial charge in [0.1, 0.15) is 5.82 Å². The zero-order chi connectivity index (χ0) is 18.5. The minimum atomic E-state index is -0.824. The summed E-state index contributed by atoms with van der Waals surface area (Å²) in [6.07, 6.45) is 5.34. The van der Waals surface area contributed by atoms with Crippen molar-refractivity contribution in [2.75, 3.05) is 18.0 Å². The maximum atomic E-state index is 11.9. The topological polar surface area (TPSA) is 108 Å². The van der Waals surface area contributed by atoms with E-state index in [9.17, 15) is 9.90 Å². The molecule has 1 aliphatic heterocycles. The summed E-state index contributed by atoms with van der Waals surface area (Å²) in [5.41, 5.74) is 0.984. The fourth-order valence-electron chi connectivity index (χ4n) is 3.61. The molecule has 1 fully saturated rings. The summed E-state index contributed by atoms with van der Waals surface area (Å²) in [6.45, 7) is 6.14. The second-order valence-corrected chi connectivity index (χ2v) is 7.37. The van der Waals surface area contributed by atoms with E-state index >= 15 is 0 Å². The monoisotopic (exact) mass is 358 g/mol. The van der Waals surface area contributed by atoms with Gasteiger partial charge in [0, 0.05) is 25.2 Å². The van der Waals surface area contributed by atoms with E-state index in [1.165, 1.54) is 12.8 Å². The Bertz CT molecular complexity index is 695. The van der Waals surface area contributed by atoms with E-state index in [-0.39, 0.29) is 11.8 Å². The highest BCUT2D eigenvalue weighted by atomic mass is 16.4. The summed E-state index contributed by atoms with van der Waals surface area (Å²) in [5, 5.41) is 23.9. The summed E-state index contributed by atoms with van der Waals surface area (Å²) in [6, 6.07) is 4.05. The predicted octanol–water partition coefficient (Wildman–Crippen LogP) is 2.27. The zero-order valence-electron chi connectivity index (χ0n) is 15.3. The molecule has 26 heavy (non-hydrogen) atoms. The molecule has 0 amide bonds. The summed E-state index contributed by atoms with van der Waals surface area (Å²) in [4.78, 5) is 18.7. The van der Waals surface area contributed by atoms with Crippen molar-refractivity contribution in [2.45, 2.75) is 45.4 Å². The van der Waals surface area contributed by atoms with Crippen LogP contribution in [0.3, 0.4) is 0 Å². The third-order valence-electron chi connectivity index (χ3n) is 4.92. The molecule has 3 rings (SSSR count). The van der Waals surface area contributed by atoms with Gasteiger partial charge >= 0.3 is 5.97 Å². The summed E-state index contributed by atoms with van der Waals surface area (Å²) >= 11 is 0. The number of tetrazole rings is 1. The second kappa shape index (κ2) is 8.25. The number of nitrogens with one attached hydrogen (secondary N) is 1. The lowest BCUT2D eigenvalue weighted by atomic mass is 9.81. The van der Waals surface area contributed by atoms with E-state index in [0.29, 0.717) is 18.7 Å². The normalized spacial score (nSPS) is 16.8. The van der Waals surface area contributed by atoms with E-state index in [1.54, 1.807) is 0 Å². The molecule has 1 saturated heterocycles. The minimum absolute atomic E-state index is 0.265. The van der Waals surface area contributed by atoms with Crippen LogP contribution in [-0.2, 0) is 11.2 Å². The fraction of sp³-hybridized carbons (Fsp3) is 0.611. The van der Waals surface area contributed by atoms with Crippen molar-refractivity contribution in [1.82, 2.24) is 25.6 Å². The first-order chi connectivity index (χ1) is 12.5. The molecule has 0 aliphatic carbocycles. The molecule has 2 aromatic heterocycles. The van der Waals surface area contributed by atoms with Crippen molar-refractivity contribution in [3.05, 3.63) is 29.7 Å². The molecular weight excluding hydrogens is 332 g/mol. The Hall–Kier alpha value is -2.51. The van der Waals surface area contributed by atoms with Crippen molar-refractivity contribution >= 4 is 11.8 Å². The largest absolute Gasteiger partial charge is 0.481 e. The van der Waals surface area contributed by atoms with Gasteiger partial charge in [-0.15, -0.1) is 10.2 Å². The van der Waals surface area contributed by atoms with Crippen LogP contribution in [0.25, 0.3) is 0 Å². The maximum Gasteiger partial charge on any atom is 0.307 e. The first kappa shape index (κ1) is 18.3. The van der Waals surface area contributed by atoms with Crippen LogP contribution in [0.1, 0.15) is 50.4 Å². The van der Waals surface area contributed by atoms with Gasteiger partial charge in [0.25, 0.3) is 0 Å². The molecule has 0 bridgehead atoms. The molecule has 0 spiro atoms. The molecule has 140 valence electrons. The Morgan fingerprint density at radius 1 is 1.31 bits per heavy atom. The third-order valence-corrected chi connectivity index (χ3v) is 4.92. The predicted molar refractivity (Wildman–Crippen MR) is 96.9 cm³/mol. The molecule has 0 aromatic carbocycles. The standard InChI is InChI=1S/C18H26N6O2/c1-12(2)9-15(18(25)26)14(17-20-22-23-21-17)10-13-5-6-16(19-11-13)24-7-3-4-8-24/h5-6,11-12,14-15H,3-4,7-10H2,1-2H3,(H,25,26)(H,20,21,22,23). The lowest BCUT2D eigenvalue weighted by Gasteiger charge is -2.23. The number of carbonyl (C=O) groups is 1. The first-order valence-corrected chi connectivity index (χ1v) is 9.20. The Labute approximate surface area is 153 Å². The number of H-pyrrole nitrogens is 1. The lowest BCUT2D eigenvalue weighted by Crippen LogP contribution is -2.26. The van der Waals surface area contributed by atoms with Crippen LogP contribution in [0.5, 0.6) is 0 Å². The Morgan fingerprint density at radius 2 is 2.08 bits per heavy atom. The Morgan fingerprint density at radius 3 is 2.62 bits per heavy atom. The van der Waals surface area contributed by atoms with Crippen molar-refractivity contribution in [2.24, 2.45) is 11.8 Å². The van der Waals surface area contributed by atoms with Crippen molar-refractivity contribution in [1.29, 1.82) is 0 Å². The van der Waals surface area contributed by atoms with Crippen molar-refractivity contribution in [3.63, 3.8) is 0 Å². The number of hydrogen-bond acceptors (Lipinski definition) is 6. The summed E-state index contributed by atoms with van der Waals surface area (Å²) < 4.78 is 0. The minimum Gasteiger partial charge on any atom is -0.481 e. The van der Waals surface area contributed by atoms with E-state index < -0.39 is 11.9 Å². The van der Waals surface area contributed by atoms with Gasteiger partial charge in [0.05, 0.1) is 5.92 Å². The van der Waals surface area contributed by atoms with Crippen molar-refractivity contribution < 1.29 is 9.90 Å². The summed E-state index contributed by atoms with van der Waals surface area (Å²) in [7, 11) is 0. The average molecular weight is 358 g/mol. The molecular formula is C18H26N6O2. The fourth-order valence-corrected chi connectivity index (χ4v) is 3.61. The van der Waals surface area contributed by atoms with E-state index in [0.717, 1.165) is 24.5 Å². The molecule has 2 N–H and O–H groups in total. The van der Waals surface area contributed by atoms with Gasteiger partial charge in [-0.2, -0.15) is 5.21 Å². The number of anilines is 1. The second-order valence-electron chi connectivity index (χ2n) is 7.37. The van der Waals surface area contributed by atoms with Crippen LogP contribution in [0.15, 0.2) is 18.3 Å². The first-order valence-electron chi connectivity index (χ1n) is 9.20. The maximum absolute atomic E-state index is 11.9. The van der Waals surface area contributed by atoms with Crippen LogP contribution in [-0.4, -0.2) is 49.8 Å². The molecule has 8 heteroatoms. The van der Waals surface area contributed by atoms with E-state index in [4.69, 9.17) is 0 Å². The van der Waals surface area contributed by atoms with Gasteiger partial charge in [0.15, 0.2) is 5.82 Å². The average Bonchev–Trinajstić information content (AvgIpc) is 3.31. The number of carboxylic acids is 1. The molecule has 1 aliphatic rings. The number of carboxylic acid groups (broad SMARTS) is 1. The molecule has 3 heterocycles. The zero-order valence-corrected chi connectivity index (χ0v) is 15.3. The van der Waals surface area contributed by atoms with Gasteiger partial charge in [-0.25, -0.2) is 4.98 Å². The van der Waals surface area contributed by atoms with Gasteiger partial charge in [0.2, 0.25) is 0 Å². The highest BCUT2D eigenvalue weighted by molar-refractivity contribution is 5.71.